The molecule has 1 aliphatic carbocycles. The van der Waals surface area contributed by atoms with Crippen LogP contribution in [0.1, 0.15) is 31.2 Å². The first-order chi connectivity index (χ1) is 13.4. The lowest BCUT2D eigenvalue weighted by Gasteiger charge is -2.40. The smallest absolute Gasteiger partial charge is 0.317 e. The van der Waals surface area contributed by atoms with Crippen LogP contribution in [0.5, 0.6) is 5.75 Å². The number of rotatable bonds is 7. The van der Waals surface area contributed by atoms with Gasteiger partial charge in [0, 0.05) is 19.6 Å². The van der Waals surface area contributed by atoms with Crippen LogP contribution in [0.15, 0.2) is 24.3 Å². The van der Waals surface area contributed by atoms with Gasteiger partial charge in [-0.3, -0.25) is 14.5 Å². The Hall–Kier alpha value is -2.12. The molecule has 1 aliphatic heterocycles. The molecule has 1 saturated heterocycles. The van der Waals surface area contributed by atoms with Crippen LogP contribution < -0.4 is 4.74 Å². The van der Waals surface area contributed by atoms with Crippen LogP contribution in [0.2, 0.25) is 0 Å². The lowest BCUT2D eigenvalue weighted by atomic mass is 9.77. The highest BCUT2D eigenvalue weighted by molar-refractivity contribution is 5.89. The summed E-state index contributed by atoms with van der Waals surface area (Å²) in [5, 5.41) is 8.94. The number of methoxy groups -OCH3 is 1. The van der Waals surface area contributed by atoms with E-state index in [-0.39, 0.29) is 18.6 Å². The second-order valence-corrected chi connectivity index (χ2v) is 7.85. The number of hydrogen-bond acceptors (Lipinski definition) is 5. The van der Waals surface area contributed by atoms with Gasteiger partial charge >= 0.3 is 5.97 Å². The number of morpholine rings is 1. The Bertz CT molecular complexity index is 685. The fourth-order valence-corrected chi connectivity index (χ4v) is 4.47. The molecule has 7 nitrogen and oxygen atoms in total. The Labute approximate surface area is 166 Å². The van der Waals surface area contributed by atoms with Gasteiger partial charge in [-0.1, -0.05) is 25.0 Å². The van der Waals surface area contributed by atoms with E-state index in [9.17, 15) is 9.59 Å². The lowest BCUT2D eigenvalue weighted by Crippen LogP contribution is -2.54. The Morgan fingerprint density at radius 3 is 2.57 bits per heavy atom. The largest absolute Gasteiger partial charge is 0.497 e. The molecular formula is C21H30N2O5. The molecule has 7 heteroatoms. The van der Waals surface area contributed by atoms with Crippen LogP contribution in [0, 0.1) is 0 Å². The van der Waals surface area contributed by atoms with Crippen molar-refractivity contribution in [3.05, 3.63) is 29.8 Å². The number of likely N-dealkylation sites (N-methyl/N-ethyl adjacent to an activating group) is 1. The molecule has 0 aromatic heterocycles. The summed E-state index contributed by atoms with van der Waals surface area (Å²) in [4.78, 5) is 28.1. The first kappa shape index (κ1) is 20.6. The molecule has 2 fully saturated rings. The number of benzene rings is 1. The maximum atomic E-state index is 13.6. The molecule has 1 atom stereocenters. The van der Waals surface area contributed by atoms with E-state index >= 15 is 0 Å². The van der Waals surface area contributed by atoms with Crippen molar-refractivity contribution in [3.63, 3.8) is 0 Å². The Morgan fingerprint density at radius 2 is 1.96 bits per heavy atom. The molecule has 1 heterocycles. The molecule has 1 saturated carbocycles. The number of aliphatic carboxylic acids is 1. The molecule has 154 valence electrons. The van der Waals surface area contributed by atoms with Crippen LogP contribution in [-0.4, -0.2) is 79.8 Å². The molecule has 1 N–H and O–H groups in total. The normalized spacial score (nSPS) is 21.7. The fourth-order valence-electron chi connectivity index (χ4n) is 4.47. The van der Waals surface area contributed by atoms with E-state index in [1.165, 1.54) is 0 Å². The first-order valence-corrected chi connectivity index (χ1v) is 9.90. The lowest BCUT2D eigenvalue weighted by molar-refractivity contribution is -0.146. The minimum absolute atomic E-state index is 0.0381. The average Bonchev–Trinajstić information content (AvgIpc) is 3.18. The summed E-state index contributed by atoms with van der Waals surface area (Å²) in [6, 6.07) is 7.87. The SMILES string of the molecule is COc1ccc(C2(C(=O)N3CCOC(CN(C)CC(=O)O)C3)CCCC2)cc1. The Morgan fingerprint density at radius 1 is 1.29 bits per heavy atom. The molecule has 1 amide bonds. The minimum Gasteiger partial charge on any atom is -0.497 e. The van der Waals surface area contributed by atoms with Crippen molar-refractivity contribution in [1.29, 1.82) is 0 Å². The predicted octanol–water partition coefficient (Wildman–Crippen LogP) is 1.75. The molecule has 3 rings (SSSR count). The van der Waals surface area contributed by atoms with Crippen LogP contribution in [-0.2, 0) is 19.7 Å². The number of carbonyl (C=O) groups is 2. The summed E-state index contributed by atoms with van der Waals surface area (Å²) in [6.07, 6.45) is 3.65. The van der Waals surface area contributed by atoms with E-state index in [4.69, 9.17) is 14.6 Å². The highest BCUT2D eigenvalue weighted by atomic mass is 16.5. The summed E-state index contributed by atoms with van der Waals surface area (Å²) < 4.78 is 11.1. The third kappa shape index (κ3) is 4.47. The summed E-state index contributed by atoms with van der Waals surface area (Å²) in [6.45, 7) is 2.02. The topological polar surface area (TPSA) is 79.3 Å². The third-order valence-corrected chi connectivity index (χ3v) is 5.86. The summed E-state index contributed by atoms with van der Waals surface area (Å²) in [7, 11) is 3.40. The van der Waals surface area contributed by atoms with Gasteiger partial charge < -0.3 is 19.5 Å². The monoisotopic (exact) mass is 390 g/mol. The van der Waals surface area contributed by atoms with Crippen molar-refractivity contribution in [1.82, 2.24) is 9.80 Å². The second-order valence-electron chi connectivity index (χ2n) is 7.85. The highest BCUT2D eigenvalue weighted by Gasteiger charge is 2.45. The molecule has 1 aromatic carbocycles. The van der Waals surface area contributed by atoms with Gasteiger partial charge in [0.05, 0.1) is 31.8 Å². The fraction of sp³-hybridized carbons (Fsp3) is 0.619. The Kier molecular flexibility index (Phi) is 6.57. The zero-order valence-corrected chi connectivity index (χ0v) is 16.7. The number of carboxylic acids is 1. The van der Waals surface area contributed by atoms with Gasteiger partial charge in [0.15, 0.2) is 0 Å². The van der Waals surface area contributed by atoms with Crippen molar-refractivity contribution in [2.75, 3.05) is 46.9 Å². The summed E-state index contributed by atoms with van der Waals surface area (Å²) >= 11 is 0. The molecule has 0 bridgehead atoms. The maximum absolute atomic E-state index is 13.6. The first-order valence-electron chi connectivity index (χ1n) is 9.90. The number of amides is 1. The van der Waals surface area contributed by atoms with Gasteiger partial charge in [0.2, 0.25) is 5.91 Å². The van der Waals surface area contributed by atoms with Crippen LogP contribution in [0.3, 0.4) is 0 Å². The summed E-state index contributed by atoms with van der Waals surface area (Å²) in [5.74, 6) is 0.0947. The molecular weight excluding hydrogens is 360 g/mol. The van der Waals surface area contributed by atoms with E-state index in [1.54, 1.807) is 19.1 Å². The van der Waals surface area contributed by atoms with Gasteiger partial charge in [-0.25, -0.2) is 0 Å². The number of carboxylic acid groups (broad SMARTS) is 1. The van der Waals surface area contributed by atoms with Crippen LogP contribution in [0.25, 0.3) is 0 Å². The van der Waals surface area contributed by atoms with E-state index < -0.39 is 11.4 Å². The van der Waals surface area contributed by atoms with Crippen molar-refractivity contribution in [2.45, 2.75) is 37.2 Å². The average molecular weight is 390 g/mol. The number of hydrogen-bond donors (Lipinski definition) is 1. The Balaban J connectivity index is 1.73. The molecule has 28 heavy (non-hydrogen) atoms. The van der Waals surface area contributed by atoms with Crippen molar-refractivity contribution in [2.24, 2.45) is 0 Å². The zero-order valence-electron chi connectivity index (χ0n) is 16.7. The maximum Gasteiger partial charge on any atom is 0.317 e. The van der Waals surface area contributed by atoms with E-state index in [0.717, 1.165) is 37.0 Å². The van der Waals surface area contributed by atoms with Crippen LogP contribution >= 0.6 is 0 Å². The molecule has 1 unspecified atom stereocenters. The predicted molar refractivity (Wildman–Crippen MR) is 105 cm³/mol. The second kappa shape index (κ2) is 8.92. The molecule has 0 spiro atoms. The standard InChI is InChI=1S/C21H30N2O5/c1-22(15-19(24)25)13-18-14-23(11-12-28-18)20(26)21(9-3-4-10-21)16-5-7-17(27-2)8-6-16/h5-8,18H,3-4,9-15H2,1-2H3,(H,24,25). The van der Waals surface area contributed by atoms with Crippen molar-refractivity contribution >= 4 is 11.9 Å². The zero-order chi connectivity index (χ0) is 20.1. The number of nitrogens with zero attached hydrogens (tertiary/aromatic N) is 2. The van der Waals surface area contributed by atoms with Crippen LogP contribution in [0.4, 0.5) is 0 Å². The van der Waals surface area contributed by atoms with E-state index in [1.807, 2.05) is 29.2 Å². The highest BCUT2D eigenvalue weighted by Crippen LogP contribution is 2.43. The van der Waals surface area contributed by atoms with E-state index in [2.05, 4.69) is 0 Å². The summed E-state index contributed by atoms with van der Waals surface area (Å²) in [5.41, 5.74) is 0.586. The molecule has 1 aromatic rings. The third-order valence-electron chi connectivity index (χ3n) is 5.86. The van der Waals surface area contributed by atoms with Gasteiger partial charge in [0.1, 0.15) is 5.75 Å². The van der Waals surface area contributed by atoms with Gasteiger partial charge in [-0.2, -0.15) is 0 Å². The van der Waals surface area contributed by atoms with Gasteiger partial charge in [0.25, 0.3) is 0 Å². The van der Waals surface area contributed by atoms with E-state index in [0.29, 0.717) is 26.2 Å². The quantitative estimate of drug-likeness (QED) is 0.764. The van der Waals surface area contributed by atoms with Crippen molar-refractivity contribution < 1.29 is 24.2 Å². The van der Waals surface area contributed by atoms with Gasteiger partial charge in [-0.05, 0) is 37.6 Å². The molecule has 2 aliphatic rings. The van der Waals surface area contributed by atoms with Gasteiger partial charge in [-0.15, -0.1) is 0 Å². The number of carbonyl (C=O) groups excluding carboxylic acids is 1. The number of ether oxygens (including phenoxy) is 2. The molecule has 0 radical (unpaired) electrons. The minimum atomic E-state index is -0.865. The van der Waals surface area contributed by atoms with Crippen molar-refractivity contribution in [3.8, 4) is 5.75 Å².